The molecule has 2 nitrogen and oxygen atoms in total. The van der Waals surface area contributed by atoms with Crippen molar-refractivity contribution in [2.45, 2.75) is 65.3 Å². The Kier molecular flexibility index (Phi) is 6.54. The average molecular weight is 277 g/mol. The maximum atomic E-state index is 6.06. The Hall–Kier alpha value is -1.02. The summed E-state index contributed by atoms with van der Waals surface area (Å²) >= 11 is 0. The van der Waals surface area contributed by atoms with E-state index in [1.54, 1.807) is 0 Å². The second kappa shape index (κ2) is 7.68. The molecule has 0 saturated heterocycles. The minimum absolute atomic E-state index is 0.125. The molecule has 1 atom stereocenters. The van der Waals surface area contributed by atoms with Gasteiger partial charge in [0.25, 0.3) is 0 Å². The molecule has 0 amide bonds. The molecule has 0 aromatic heterocycles. The number of ether oxygens (including phenoxy) is 1. The zero-order valence-corrected chi connectivity index (χ0v) is 14.0. The molecule has 2 heteroatoms. The van der Waals surface area contributed by atoms with Crippen molar-refractivity contribution >= 4 is 0 Å². The molecule has 1 rings (SSSR count). The minimum atomic E-state index is 0.125. The summed E-state index contributed by atoms with van der Waals surface area (Å²) in [4.78, 5) is 0. The fourth-order valence-electron chi connectivity index (χ4n) is 2.43. The van der Waals surface area contributed by atoms with Crippen LogP contribution in [0.5, 0.6) is 5.75 Å². The number of rotatable bonds is 7. The van der Waals surface area contributed by atoms with E-state index in [0.29, 0.717) is 6.04 Å². The van der Waals surface area contributed by atoms with Crippen LogP contribution in [-0.4, -0.2) is 19.7 Å². The molecular formula is C18H31NO. The van der Waals surface area contributed by atoms with Crippen molar-refractivity contribution in [1.82, 2.24) is 5.32 Å². The molecule has 0 aliphatic rings. The Bertz CT molecular complexity index is 402. The van der Waals surface area contributed by atoms with Gasteiger partial charge in [-0.05, 0) is 55.8 Å². The summed E-state index contributed by atoms with van der Waals surface area (Å²) in [5, 5.41) is 3.34. The van der Waals surface area contributed by atoms with Gasteiger partial charge in [-0.3, -0.25) is 0 Å². The van der Waals surface area contributed by atoms with Crippen LogP contribution in [-0.2, 0) is 5.41 Å². The normalized spacial score (nSPS) is 13.3. The van der Waals surface area contributed by atoms with Gasteiger partial charge in [0.1, 0.15) is 5.75 Å². The van der Waals surface area contributed by atoms with Crippen molar-refractivity contribution in [2.75, 3.05) is 13.7 Å². The van der Waals surface area contributed by atoms with E-state index in [2.05, 4.69) is 58.1 Å². The molecule has 0 saturated carbocycles. The summed E-state index contributed by atoms with van der Waals surface area (Å²) in [6, 6.07) is 7.14. The minimum Gasteiger partial charge on any atom is -0.493 e. The first-order chi connectivity index (χ1) is 9.38. The second-order valence-electron chi connectivity index (χ2n) is 6.63. The fraction of sp³-hybridized carbons (Fsp3) is 0.667. The first kappa shape index (κ1) is 17.0. The molecule has 1 aromatic rings. The lowest BCUT2D eigenvalue weighted by Crippen LogP contribution is -2.24. The van der Waals surface area contributed by atoms with Crippen LogP contribution in [0.2, 0.25) is 0 Å². The van der Waals surface area contributed by atoms with E-state index in [1.807, 2.05) is 7.05 Å². The van der Waals surface area contributed by atoms with Crippen molar-refractivity contribution in [3.63, 3.8) is 0 Å². The van der Waals surface area contributed by atoms with Gasteiger partial charge < -0.3 is 10.1 Å². The van der Waals surface area contributed by atoms with Gasteiger partial charge in [0.05, 0.1) is 6.61 Å². The third-order valence-corrected chi connectivity index (χ3v) is 3.80. The first-order valence-electron chi connectivity index (χ1n) is 7.79. The van der Waals surface area contributed by atoms with Gasteiger partial charge in [0, 0.05) is 6.04 Å². The van der Waals surface area contributed by atoms with E-state index in [1.165, 1.54) is 24.0 Å². The Morgan fingerprint density at radius 3 is 2.50 bits per heavy atom. The van der Waals surface area contributed by atoms with Crippen LogP contribution >= 0.6 is 0 Å². The van der Waals surface area contributed by atoms with Crippen molar-refractivity contribution < 1.29 is 4.74 Å². The van der Waals surface area contributed by atoms with E-state index in [4.69, 9.17) is 4.74 Å². The predicted molar refractivity (Wildman–Crippen MR) is 87.7 cm³/mol. The van der Waals surface area contributed by atoms with Crippen LogP contribution in [0.1, 0.15) is 58.1 Å². The summed E-state index contributed by atoms with van der Waals surface area (Å²) < 4.78 is 6.06. The van der Waals surface area contributed by atoms with Crippen molar-refractivity contribution in [3.05, 3.63) is 29.3 Å². The van der Waals surface area contributed by atoms with Gasteiger partial charge in [-0.1, -0.05) is 39.8 Å². The van der Waals surface area contributed by atoms with E-state index in [-0.39, 0.29) is 5.41 Å². The molecule has 20 heavy (non-hydrogen) atoms. The van der Waals surface area contributed by atoms with Gasteiger partial charge in [0.15, 0.2) is 0 Å². The second-order valence-corrected chi connectivity index (χ2v) is 6.63. The van der Waals surface area contributed by atoms with Gasteiger partial charge in [-0.2, -0.15) is 0 Å². The van der Waals surface area contributed by atoms with Crippen molar-refractivity contribution in [1.29, 1.82) is 0 Å². The summed E-state index contributed by atoms with van der Waals surface area (Å²) in [5.41, 5.74) is 2.68. The van der Waals surface area contributed by atoms with Crippen LogP contribution in [0.15, 0.2) is 18.2 Å². The van der Waals surface area contributed by atoms with Gasteiger partial charge in [-0.25, -0.2) is 0 Å². The lowest BCUT2D eigenvalue weighted by Gasteiger charge is -2.23. The highest BCUT2D eigenvalue weighted by molar-refractivity contribution is 5.41. The van der Waals surface area contributed by atoms with Crippen molar-refractivity contribution in [3.8, 4) is 5.75 Å². The molecule has 0 radical (unpaired) electrons. The zero-order chi connectivity index (χ0) is 15.2. The van der Waals surface area contributed by atoms with Crippen molar-refractivity contribution in [2.24, 2.45) is 0 Å². The molecule has 114 valence electrons. The van der Waals surface area contributed by atoms with E-state index in [9.17, 15) is 0 Å². The molecule has 0 bridgehead atoms. The maximum Gasteiger partial charge on any atom is 0.123 e. The summed E-state index contributed by atoms with van der Waals surface area (Å²) in [5.74, 6) is 1.05. The topological polar surface area (TPSA) is 21.3 Å². The SMILES string of the molecule is CCC(CCCOc1cc(C)ccc1C(C)(C)C)NC. The molecule has 1 N–H and O–H groups in total. The molecule has 1 unspecified atom stereocenters. The molecule has 1 aromatic carbocycles. The molecule has 0 heterocycles. The lowest BCUT2D eigenvalue weighted by molar-refractivity contribution is 0.289. The average Bonchev–Trinajstić information content (AvgIpc) is 2.37. The summed E-state index contributed by atoms with van der Waals surface area (Å²) in [6.07, 6.45) is 3.44. The quantitative estimate of drug-likeness (QED) is 0.743. The number of aryl methyl sites for hydroxylation is 1. The number of nitrogens with one attached hydrogen (secondary N) is 1. The highest BCUT2D eigenvalue weighted by atomic mass is 16.5. The molecule has 0 aliphatic carbocycles. The van der Waals surface area contributed by atoms with E-state index >= 15 is 0 Å². The largest absolute Gasteiger partial charge is 0.493 e. The number of hydrogen-bond acceptors (Lipinski definition) is 2. The third kappa shape index (κ3) is 5.16. The molecule has 0 fully saturated rings. The monoisotopic (exact) mass is 277 g/mol. The zero-order valence-electron chi connectivity index (χ0n) is 14.0. The van der Waals surface area contributed by atoms with Crippen LogP contribution in [0, 0.1) is 6.92 Å². The third-order valence-electron chi connectivity index (χ3n) is 3.80. The smallest absolute Gasteiger partial charge is 0.123 e. The fourth-order valence-corrected chi connectivity index (χ4v) is 2.43. The highest BCUT2D eigenvalue weighted by Gasteiger charge is 2.18. The first-order valence-corrected chi connectivity index (χ1v) is 7.79. The standard InChI is InChI=1S/C18H31NO/c1-7-15(19-6)9-8-12-20-17-13-14(2)10-11-16(17)18(3,4)5/h10-11,13,15,19H,7-9,12H2,1-6H3. The summed E-state index contributed by atoms with van der Waals surface area (Å²) in [7, 11) is 2.04. The van der Waals surface area contributed by atoms with E-state index < -0.39 is 0 Å². The number of benzene rings is 1. The Balaban J connectivity index is 2.61. The summed E-state index contributed by atoms with van der Waals surface area (Å²) in [6.45, 7) is 11.8. The van der Waals surface area contributed by atoms with Crippen LogP contribution in [0.3, 0.4) is 0 Å². The van der Waals surface area contributed by atoms with Crippen LogP contribution < -0.4 is 10.1 Å². The Morgan fingerprint density at radius 2 is 1.95 bits per heavy atom. The van der Waals surface area contributed by atoms with Gasteiger partial charge in [-0.15, -0.1) is 0 Å². The Morgan fingerprint density at radius 1 is 1.25 bits per heavy atom. The van der Waals surface area contributed by atoms with Crippen LogP contribution in [0.25, 0.3) is 0 Å². The van der Waals surface area contributed by atoms with Gasteiger partial charge >= 0.3 is 0 Å². The molecular weight excluding hydrogens is 246 g/mol. The van der Waals surface area contributed by atoms with Gasteiger partial charge in [0.2, 0.25) is 0 Å². The molecule has 0 spiro atoms. The maximum absolute atomic E-state index is 6.06. The highest BCUT2D eigenvalue weighted by Crippen LogP contribution is 2.32. The number of hydrogen-bond donors (Lipinski definition) is 1. The Labute approximate surface area is 124 Å². The lowest BCUT2D eigenvalue weighted by atomic mass is 9.86. The van der Waals surface area contributed by atoms with Crippen LogP contribution in [0.4, 0.5) is 0 Å². The molecule has 0 aliphatic heterocycles. The van der Waals surface area contributed by atoms with E-state index in [0.717, 1.165) is 18.8 Å². The predicted octanol–water partition coefficient (Wildman–Crippen LogP) is 4.45.